The zero-order chi connectivity index (χ0) is 14.4. The number of esters is 1. The fraction of sp³-hybridized carbons (Fsp3) is 0.417. The number of hydrogen-bond acceptors (Lipinski definition) is 6. The molecule has 0 aromatic heterocycles. The summed E-state index contributed by atoms with van der Waals surface area (Å²) in [6, 6.07) is 5.97. The zero-order valence-corrected chi connectivity index (χ0v) is 10.4. The van der Waals surface area contributed by atoms with Gasteiger partial charge in [0.2, 0.25) is 6.54 Å². The van der Waals surface area contributed by atoms with Crippen LogP contribution in [0.5, 0.6) is 0 Å². The Morgan fingerprint density at radius 2 is 1.95 bits per heavy atom. The van der Waals surface area contributed by atoms with Crippen LogP contribution < -0.4 is 0 Å². The van der Waals surface area contributed by atoms with Gasteiger partial charge >= 0.3 is 5.97 Å². The van der Waals surface area contributed by atoms with Crippen LogP contribution in [0.4, 0.5) is 0 Å². The molecule has 0 heterocycles. The van der Waals surface area contributed by atoms with Crippen molar-refractivity contribution in [3.63, 3.8) is 0 Å². The van der Waals surface area contributed by atoms with Gasteiger partial charge in [0.15, 0.2) is 0 Å². The molecule has 0 radical (unpaired) electrons. The SMILES string of the molecule is COC(=O)c1ccc(C(O)CC(O)C[N+](=O)[O-])cc1. The van der Waals surface area contributed by atoms with E-state index >= 15 is 0 Å². The molecule has 1 aromatic rings. The highest BCUT2D eigenvalue weighted by atomic mass is 16.6. The molecule has 0 aliphatic heterocycles. The molecular formula is C12H15NO6. The third-order valence-electron chi connectivity index (χ3n) is 2.57. The highest BCUT2D eigenvalue weighted by Crippen LogP contribution is 2.19. The first kappa shape index (κ1) is 15.1. The van der Waals surface area contributed by atoms with Gasteiger partial charge in [-0.3, -0.25) is 10.1 Å². The van der Waals surface area contributed by atoms with E-state index < -0.39 is 29.6 Å². The quantitative estimate of drug-likeness (QED) is 0.443. The Morgan fingerprint density at radius 1 is 1.37 bits per heavy atom. The number of hydrogen-bond donors (Lipinski definition) is 2. The van der Waals surface area contributed by atoms with Crippen LogP contribution in [0.25, 0.3) is 0 Å². The van der Waals surface area contributed by atoms with Crippen molar-refractivity contribution in [3.8, 4) is 0 Å². The molecule has 0 amide bonds. The number of ether oxygens (including phenoxy) is 1. The van der Waals surface area contributed by atoms with Crippen LogP contribution in [0.2, 0.25) is 0 Å². The van der Waals surface area contributed by atoms with Crippen LogP contribution >= 0.6 is 0 Å². The lowest BCUT2D eigenvalue weighted by atomic mass is 10.0. The van der Waals surface area contributed by atoms with E-state index in [4.69, 9.17) is 0 Å². The van der Waals surface area contributed by atoms with Crippen LogP contribution in [0.3, 0.4) is 0 Å². The van der Waals surface area contributed by atoms with Gasteiger partial charge in [-0.25, -0.2) is 4.79 Å². The summed E-state index contributed by atoms with van der Waals surface area (Å²) >= 11 is 0. The highest BCUT2D eigenvalue weighted by molar-refractivity contribution is 5.89. The maximum absolute atomic E-state index is 11.2. The van der Waals surface area contributed by atoms with Crippen molar-refractivity contribution in [1.82, 2.24) is 0 Å². The Labute approximate surface area is 109 Å². The Balaban J connectivity index is 2.65. The van der Waals surface area contributed by atoms with Gasteiger partial charge in [0.05, 0.1) is 18.8 Å². The minimum absolute atomic E-state index is 0.140. The molecule has 2 N–H and O–H groups in total. The number of rotatable bonds is 6. The third kappa shape index (κ3) is 4.65. The maximum Gasteiger partial charge on any atom is 0.337 e. The zero-order valence-electron chi connectivity index (χ0n) is 10.4. The molecule has 0 saturated heterocycles. The lowest BCUT2D eigenvalue weighted by Gasteiger charge is -2.13. The highest BCUT2D eigenvalue weighted by Gasteiger charge is 2.18. The van der Waals surface area contributed by atoms with Gasteiger partial charge in [-0.15, -0.1) is 0 Å². The summed E-state index contributed by atoms with van der Waals surface area (Å²) < 4.78 is 4.53. The molecule has 7 nitrogen and oxygen atoms in total. The number of aliphatic hydroxyl groups excluding tert-OH is 2. The molecule has 2 unspecified atom stereocenters. The number of nitro groups is 1. The number of carbonyl (C=O) groups is 1. The Kier molecular flexibility index (Phi) is 5.40. The average Bonchev–Trinajstić information content (AvgIpc) is 2.36. The van der Waals surface area contributed by atoms with Crippen LogP contribution in [0, 0.1) is 10.1 Å². The third-order valence-corrected chi connectivity index (χ3v) is 2.57. The van der Waals surface area contributed by atoms with Gasteiger partial charge < -0.3 is 14.9 Å². The summed E-state index contributed by atoms with van der Waals surface area (Å²) in [7, 11) is 1.26. The van der Waals surface area contributed by atoms with Gasteiger partial charge in [0.1, 0.15) is 6.10 Å². The summed E-state index contributed by atoms with van der Waals surface area (Å²) in [6.45, 7) is -0.614. The van der Waals surface area contributed by atoms with Crippen molar-refractivity contribution in [3.05, 3.63) is 45.5 Å². The van der Waals surface area contributed by atoms with Crippen molar-refractivity contribution in [1.29, 1.82) is 0 Å². The number of nitrogens with zero attached hydrogens (tertiary/aromatic N) is 1. The molecule has 1 aromatic carbocycles. The van der Waals surface area contributed by atoms with Crippen LogP contribution in [-0.4, -0.2) is 40.9 Å². The molecule has 0 spiro atoms. The van der Waals surface area contributed by atoms with Crippen LogP contribution in [-0.2, 0) is 4.74 Å². The van der Waals surface area contributed by atoms with E-state index in [-0.39, 0.29) is 6.42 Å². The molecule has 7 heteroatoms. The standard InChI is InChI=1S/C12H15NO6/c1-19-12(16)9-4-2-8(3-5-9)11(15)6-10(14)7-13(17)18/h2-5,10-11,14-15H,6-7H2,1H3. The molecule has 1 rings (SSSR count). The lowest BCUT2D eigenvalue weighted by Crippen LogP contribution is -2.22. The molecule has 2 atom stereocenters. The molecule has 0 saturated carbocycles. The predicted molar refractivity (Wildman–Crippen MR) is 65.2 cm³/mol. The summed E-state index contributed by atoms with van der Waals surface area (Å²) in [5, 5.41) is 29.3. The monoisotopic (exact) mass is 269 g/mol. The Bertz CT molecular complexity index is 444. The van der Waals surface area contributed by atoms with Crippen molar-refractivity contribution in [2.45, 2.75) is 18.6 Å². The largest absolute Gasteiger partial charge is 0.465 e. The smallest absolute Gasteiger partial charge is 0.337 e. The second-order valence-electron chi connectivity index (χ2n) is 4.03. The van der Waals surface area contributed by atoms with E-state index in [2.05, 4.69) is 4.74 Å². The van der Waals surface area contributed by atoms with Gasteiger partial charge in [0.25, 0.3) is 0 Å². The van der Waals surface area contributed by atoms with Gasteiger partial charge in [0, 0.05) is 11.3 Å². The van der Waals surface area contributed by atoms with Crippen LogP contribution in [0.1, 0.15) is 28.4 Å². The van der Waals surface area contributed by atoms with Gasteiger partial charge in [-0.05, 0) is 17.7 Å². The summed E-state index contributed by atoms with van der Waals surface area (Å²) in [5.41, 5.74) is 0.805. The first-order chi connectivity index (χ1) is 8.93. The molecule has 104 valence electrons. The van der Waals surface area contributed by atoms with Crippen molar-refractivity contribution < 1.29 is 24.7 Å². The van der Waals surface area contributed by atoms with E-state index in [0.717, 1.165) is 0 Å². The Morgan fingerprint density at radius 3 is 2.42 bits per heavy atom. The second-order valence-corrected chi connectivity index (χ2v) is 4.03. The minimum atomic E-state index is -1.22. The fourth-order valence-corrected chi connectivity index (χ4v) is 1.60. The summed E-state index contributed by atoms with van der Waals surface area (Å²) in [5.74, 6) is -0.491. The number of benzene rings is 1. The van der Waals surface area contributed by atoms with E-state index in [1.165, 1.54) is 31.4 Å². The number of aliphatic hydroxyl groups is 2. The summed E-state index contributed by atoms with van der Waals surface area (Å²) in [4.78, 5) is 20.7. The van der Waals surface area contributed by atoms with Gasteiger partial charge in [-0.1, -0.05) is 12.1 Å². The first-order valence-corrected chi connectivity index (χ1v) is 5.60. The molecule has 0 bridgehead atoms. The molecular weight excluding hydrogens is 254 g/mol. The normalized spacial score (nSPS) is 13.6. The fourth-order valence-electron chi connectivity index (χ4n) is 1.60. The van der Waals surface area contributed by atoms with E-state index in [1.54, 1.807) is 0 Å². The average molecular weight is 269 g/mol. The van der Waals surface area contributed by atoms with Crippen molar-refractivity contribution >= 4 is 5.97 Å². The van der Waals surface area contributed by atoms with Gasteiger partial charge in [-0.2, -0.15) is 0 Å². The van der Waals surface area contributed by atoms with Crippen LogP contribution in [0.15, 0.2) is 24.3 Å². The first-order valence-electron chi connectivity index (χ1n) is 5.60. The molecule has 0 fully saturated rings. The minimum Gasteiger partial charge on any atom is -0.465 e. The van der Waals surface area contributed by atoms with E-state index in [9.17, 15) is 25.1 Å². The predicted octanol–water partition coefficient (Wildman–Crippen LogP) is 0.534. The van der Waals surface area contributed by atoms with E-state index in [1.807, 2.05) is 0 Å². The van der Waals surface area contributed by atoms with Crippen molar-refractivity contribution in [2.24, 2.45) is 0 Å². The molecule has 19 heavy (non-hydrogen) atoms. The second kappa shape index (κ2) is 6.81. The molecule has 0 aliphatic carbocycles. The topological polar surface area (TPSA) is 110 Å². The van der Waals surface area contributed by atoms with Crippen molar-refractivity contribution in [2.75, 3.05) is 13.7 Å². The number of methoxy groups -OCH3 is 1. The maximum atomic E-state index is 11.2. The molecule has 0 aliphatic rings. The summed E-state index contributed by atoms with van der Waals surface area (Å²) in [6.07, 6.45) is -2.38. The van der Waals surface area contributed by atoms with E-state index in [0.29, 0.717) is 11.1 Å². The lowest BCUT2D eigenvalue weighted by molar-refractivity contribution is -0.490. The number of carbonyl (C=O) groups excluding carboxylic acids is 1. The Hall–Kier alpha value is -1.99.